The van der Waals surface area contributed by atoms with E-state index in [9.17, 15) is 4.79 Å². The average Bonchev–Trinajstić information content (AvgIpc) is 3.22. The molecule has 0 aliphatic heterocycles. The number of carbonyl (C=O) groups is 1. The van der Waals surface area contributed by atoms with Crippen LogP contribution in [0.15, 0.2) is 53.1 Å². The number of hydrogen-bond donors (Lipinski definition) is 0. The number of aromatic nitrogens is 1. The molecule has 1 aromatic heterocycles. The molecule has 7 nitrogen and oxygen atoms in total. The van der Waals surface area contributed by atoms with E-state index in [1.807, 2.05) is 44.2 Å². The summed E-state index contributed by atoms with van der Waals surface area (Å²) in [5.41, 5.74) is 1.92. The summed E-state index contributed by atoms with van der Waals surface area (Å²) in [6.07, 6.45) is 1.55. The largest absolute Gasteiger partial charge is 0.493 e. The Morgan fingerprint density at radius 3 is 2.50 bits per heavy atom. The molecule has 0 radical (unpaired) electrons. The monoisotopic (exact) mass is 410 g/mol. The highest BCUT2D eigenvalue weighted by molar-refractivity contribution is 5.96. The number of nitrogens with zero attached hydrogens (tertiary/aromatic N) is 2. The minimum atomic E-state index is -0.147. The third-order valence-electron chi connectivity index (χ3n) is 4.43. The molecular formula is C23H26N2O5. The Kier molecular flexibility index (Phi) is 6.95. The lowest BCUT2D eigenvalue weighted by Gasteiger charge is -2.17. The van der Waals surface area contributed by atoms with Gasteiger partial charge in [-0.15, -0.1) is 0 Å². The van der Waals surface area contributed by atoms with E-state index in [0.717, 1.165) is 5.56 Å². The zero-order valence-corrected chi connectivity index (χ0v) is 17.7. The van der Waals surface area contributed by atoms with Gasteiger partial charge in [-0.05, 0) is 44.2 Å². The number of rotatable bonds is 9. The van der Waals surface area contributed by atoms with E-state index in [1.54, 1.807) is 37.5 Å². The Bertz CT molecular complexity index is 999. The standard InChI is InChI=1S/C23H26N2O5/c1-5-28-19-10-8-7-9-18(19)23(26)25(3)14-17-15-30-22(24-17)16-11-12-20(27-4)21(13-16)29-6-2/h7-13,15H,5-6,14H2,1-4H3. The molecule has 3 aromatic rings. The second kappa shape index (κ2) is 9.82. The molecule has 0 atom stereocenters. The lowest BCUT2D eigenvalue weighted by molar-refractivity contribution is 0.0779. The Hall–Kier alpha value is -3.48. The number of amides is 1. The zero-order valence-electron chi connectivity index (χ0n) is 17.7. The van der Waals surface area contributed by atoms with E-state index in [0.29, 0.717) is 54.2 Å². The van der Waals surface area contributed by atoms with Crippen molar-refractivity contribution in [3.05, 3.63) is 60.0 Å². The van der Waals surface area contributed by atoms with Gasteiger partial charge in [-0.3, -0.25) is 4.79 Å². The van der Waals surface area contributed by atoms with Crippen LogP contribution in [0.1, 0.15) is 29.9 Å². The van der Waals surface area contributed by atoms with E-state index >= 15 is 0 Å². The first-order valence-electron chi connectivity index (χ1n) is 9.80. The Morgan fingerprint density at radius 2 is 1.77 bits per heavy atom. The number of oxazole rings is 1. The van der Waals surface area contributed by atoms with Gasteiger partial charge in [-0.2, -0.15) is 0 Å². The second-order valence-electron chi connectivity index (χ2n) is 6.53. The van der Waals surface area contributed by atoms with Crippen molar-refractivity contribution in [2.45, 2.75) is 20.4 Å². The third-order valence-corrected chi connectivity index (χ3v) is 4.43. The molecule has 3 rings (SSSR count). The Morgan fingerprint density at radius 1 is 1.03 bits per heavy atom. The lowest BCUT2D eigenvalue weighted by Crippen LogP contribution is -2.26. The van der Waals surface area contributed by atoms with Crippen LogP contribution >= 0.6 is 0 Å². The number of para-hydroxylation sites is 1. The fourth-order valence-electron chi connectivity index (χ4n) is 3.04. The van der Waals surface area contributed by atoms with Crippen molar-refractivity contribution in [2.75, 3.05) is 27.4 Å². The molecule has 0 aliphatic rings. The summed E-state index contributed by atoms with van der Waals surface area (Å²) in [5, 5.41) is 0. The summed E-state index contributed by atoms with van der Waals surface area (Å²) in [6.45, 7) is 5.11. The van der Waals surface area contributed by atoms with Crippen LogP contribution < -0.4 is 14.2 Å². The van der Waals surface area contributed by atoms with Crippen molar-refractivity contribution >= 4 is 5.91 Å². The maximum atomic E-state index is 12.9. The van der Waals surface area contributed by atoms with Gasteiger partial charge >= 0.3 is 0 Å². The van der Waals surface area contributed by atoms with Crippen LogP contribution in [0.3, 0.4) is 0 Å². The highest BCUT2D eigenvalue weighted by Gasteiger charge is 2.18. The van der Waals surface area contributed by atoms with Crippen molar-refractivity contribution in [3.8, 4) is 28.7 Å². The number of methoxy groups -OCH3 is 1. The fourth-order valence-corrected chi connectivity index (χ4v) is 3.04. The van der Waals surface area contributed by atoms with Gasteiger partial charge in [0.2, 0.25) is 5.89 Å². The maximum Gasteiger partial charge on any atom is 0.257 e. The van der Waals surface area contributed by atoms with Crippen molar-refractivity contribution < 1.29 is 23.4 Å². The molecule has 0 unspecified atom stereocenters. The number of benzene rings is 2. The Balaban J connectivity index is 1.76. The van der Waals surface area contributed by atoms with Gasteiger partial charge in [0.1, 0.15) is 12.0 Å². The van der Waals surface area contributed by atoms with Crippen LogP contribution in [0.5, 0.6) is 17.2 Å². The first-order chi connectivity index (χ1) is 14.6. The molecular weight excluding hydrogens is 384 g/mol. The van der Waals surface area contributed by atoms with E-state index in [-0.39, 0.29) is 5.91 Å². The maximum absolute atomic E-state index is 12.9. The van der Waals surface area contributed by atoms with E-state index in [1.165, 1.54) is 0 Å². The number of hydrogen-bond acceptors (Lipinski definition) is 6. The molecule has 0 aliphatic carbocycles. The fraction of sp³-hybridized carbons (Fsp3) is 0.304. The van der Waals surface area contributed by atoms with Crippen molar-refractivity contribution in [1.29, 1.82) is 0 Å². The summed E-state index contributed by atoms with van der Waals surface area (Å²) >= 11 is 0. The summed E-state index contributed by atoms with van der Waals surface area (Å²) < 4.78 is 22.1. The normalized spacial score (nSPS) is 10.5. The van der Waals surface area contributed by atoms with Crippen LogP contribution in [0.4, 0.5) is 0 Å². The molecule has 0 bridgehead atoms. The van der Waals surface area contributed by atoms with Crippen molar-refractivity contribution in [2.24, 2.45) is 0 Å². The smallest absolute Gasteiger partial charge is 0.257 e. The molecule has 1 heterocycles. The topological polar surface area (TPSA) is 74.0 Å². The van der Waals surface area contributed by atoms with Crippen LogP contribution in [0.2, 0.25) is 0 Å². The van der Waals surface area contributed by atoms with Gasteiger partial charge in [-0.1, -0.05) is 12.1 Å². The van der Waals surface area contributed by atoms with Crippen LogP contribution in [-0.2, 0) is 6.54 Å². The molecule has 0 spiro atoms. The molecule has 0 saturated heterocycles. The predicted molar refractivity (Wildman–Crippen MR) is 113 cm³/mol. The molecule has 30 heavy (non-hydrogen) atoms. The summed E-state index contributed by atoms with van der Waals surface area (Å²) in [4.78, 5) is 19.0. The predicted octanol–water partition coefficient (Wildman–Crippen LogP) is 4.42. The quantitative estimate of drug-likeness (QED) is 0.520. The molecule has 1 amide bonds. The van der Waals surface area contributed by atoms with Gasteiger partial charge in [0, 0.05) is 12.6 Å². The van der Waals surface area contributed by atoms with E-state index < -0.39 is 0 Å². The van der Waals surface area contributed by atoms with Crippen LogP contribution in [0, 0.1) is 0 Å². The summed E-state index contributed by atoms with van der Waals surface area (Å²) in [5.74, 6) is 2.14. The van der Waals surface area contributed by atoms with E-state index in [2.05, 4.69) is 4.98 Å². The van der Waals surface area contributed by atoms with Crippen LogP contribution in [-0.4, -0.2) is 43.2 Å². The molecule has 158 valence electrons. The minimum absolute atomic E-state index is 0.147. The van der Waals surface area contributed by atoms with Crippen LogP contribution in [0.25, 0.3) is 11.5 Å². The highest BCUT2D eigenvalue weighted by atomic mass is 16.5. The molecule has 0 N–H and O–H groups in total. The van der Waals surface area contributed by atoms with Crippen molar-refractivity contribution in [3.63, 3.8) is 0 Å². The lowest BCUT2D eigenvalue weighted by atomic mass is 10.1. The number of ether oxygens (including phenoxy) is 3. The highest BCUT2D eigenvalue weighted by Crippen LogP contribution is 2.32. The van der Waals surface area contributed by atoms with Gasteiger partial charge in [-0.25, -0.2) is 4.98 Å². The molecule has 0 saturated carbocycles. The molecule has 7 heteroatoms. The first-order valence-corrected chi connectivity index (χ1v) is 9.80. The first kappa shape index (κ1) is 21.2. The Labute approximate surface area is 176 Å². The summed E-state index contributed by atoms with van der Waals surface area (Å²) in [7, 11) is 3.32. The third kappa shape index (κ3) is 4.74. The minimum Gasteiger partial charge on any atom is -0.493 e. The molecule has 0 fully saturated rings. The summed E-state index contributed by atoms with van der Waals surface area (Å²) in [6, 6.07) is 12.7. The second-order valence-corrected chi connectivity index (χ2v) is 6.53. The van der Waals surface area contributed by atoms with Gasteiger partial charge < -0.3 is 23.5 Å². The van der Waals surface area contributed by atoms with E-state index in [4.69, 9.17) is 18.6 Å². The zero-order chi connectivity index (χ0) is 21.5. The average molecular weight is 410 g/mol. The number of carbonyl (C=O) groups excluding carboxylic acids is 1. The SMILES string of the molecule is CCOc1cc(-c2nc(CN(C)C(=O)c3ccccc3OCC)co2)ccc1OC. The van der Waals surface area contributed by atoms with Gasteiger partial charge in [0.05, 0.1) is 38.1 Å². The van der Waals surface area contributed by atoms with Gasteiger partial charge in [0.25, 0.3) is 5.91 Å². The van der Waals surface area contributed by atoms with Gasteiger partial charge in [0.15, 0.2) is 11.5 Å². The van der Waals surface area contributed by atoms with Crippen molar-refractivity contribution in [1.82, 2.24) is 9.88 Å². The molecule has 2 aromatic carbocycles.